The molecule has 1 rings (SSSR count). The van der Waals surface area contributed by atoms with Crippen LogP contribution in [0, 0.1) is 11.6 Å². The molecule has 1 N–H and O–H groups in total. The Morgan fingerprint density at radius 3 is 2.62 bits per heavy atom. The third-order valence-electron chi connectivity index (χ3n) is 3.42. The van der Waals surface area contributed by atoms with E-state index in [1.54, 1.807) is 6.07 Å². The summed E-state index contributed by atoms with van der Waals surface area (Å²) in [7, 11) is 0. The third kappa shape index (κ3) is 6.53. The van der Waals surface area contributed by atoms with Gasteiger partial charge in [0.25, 0.3) is 0 Å². The molecule has 0 saturated heterocycles. The van der Waals surface area contributed by atoms with Gasteiger partial charge < -0.3 is 10.1 Å². The highest BCUT2D eigenvalue weighted by Gasteiger charge is 2.17. The molecule has 0 saturated carbocycles. The minimum absolute atomic E-state index is 0.299. The van der Waals surface area contributed by atoms with E-state index in [1.165, 1.54) is 18.9 Å². The zero-order chi connectivity index (χ0) is 15.5. The lowest BCUT2D eigenvalue weighted by molar-refractivity contribution is 0.106. The number of hydrogen-bond acceptors (Lipinski definition) is 2. The first-order valence-corrected chi connectivity index (χ1v) is 7.95. The maximum Gasteiger partial charge on any atom is 0.163 e. The lowest BCUT2D eigenvalue weighted by Gasteiger charge is -2.20. The molecule has 0 amide bonds. The summed E-state index contributed by atoms with van der Waals surface area (Å²) in [5, 5.41) is 3.22. The molecular weight excluding hydrogens is 272 g/mol. The summed E-state index contributed by atoms with van der Waals surface area (Å²) >= 11 is 0. The molecule has 21 heavy (non-hydrogen) atoms. The average Bonchev–Trinajstić information content (AvgIpc) is 2.49. The third-order valence-corrected chi connectivity index (χ3v) is 3.42. The van der Waals surface area contributed by atoms with E-state index >= 15 is 0 Å². The highest BCUT2D eigenvalue weighted by molar-refractivity contribution is 5.22. The van der Waals surface area contributed by atoms with E-state index in [2.05, 4.69) is 12.2 Å². The first kappa shape index (κ1) is 18.1. The predicted octanol–water partition coefficient (Wildman–Crippen LogP) is 4.60. The van der Waals surface area contributed by atoms with Crippen LogP contribution in [0.25, 0.3) is 0 Å². The molecule has 0 bridgehead atoms. The van der Waals surface area contributed by atoms with Crippen LogP contribution in [0.3, 0.4) is 0 Å². The average molecular weight is 299 g/mol. The Balaban J connectivity index is 2.53. The van der Waals surface area contributed by atoms with Crippen molar-refractivity contribution in [2.24, 2.45) is 0 Å². The molecule has 0 fully saturated rings. The van der Waals surface area contributed by atoms with Gasteiger partial charge in [0.15, 0.2) is 11.6 Å². The van der Waals surface area contributed by atoms with E-state index in [1.807, 2.05) is 6.92 Å². The number of nitrogens with one attached hydrogen (secondary N) is 1. The lowest BCUT2D eigenvalue weighted by Crippen LogP contribution is -2.27. The van der Waals surface area contributed by atoms with Gasteiger partial charge in [0.05, 0.1) is 12.6 Å². The highest BCUT2D eigenvalue weighted by Crippen LogP contribution is 2.20. The van der Waals surface area contributed by atoms with Gasteiger partial charge >= 0.3 is 0 Å². The Hall–Kier alpha value is -1.00. The number of rotatable bonds is 11. The topological polar surface area (TPSA) is 21.3 Å². The highest BCUT2D eigenvalue weighted by atomic mass is 19.2. The van der Waals surface area contributed by atoms with Crippen molar-refractivity contribution in [3.05, 3.63) is 35.4 Å². The lowest BCUT2D eigenvalue weighted by atomic mass is 10.1. The normalized spacial score (nSPS) is 12.6. The van der Waals surface area contributed by atoms with Crippen LogP contribution in [-0.4, -0.2) is 19.8 Å². The van der Waals surface area contributed by atoms with E-state index in [-0.39, 0.29) is 6.04 Å². The summed E-state index contributed by atoms with van der Waals surface area (Å²) in [6.45, 7) is 5.99. The molecule has 2 nitrogen and oxygen atoms in total. The standard InChI is InChI=1S/C17H27F2NO/c1-3-5-6-7-12-21-13-16(20-11-4-2)14-9-8-10-15(18)17(14)19/h8-10,16,20H,3-7,11-13H2,1-2H3. The van der Waals surface area contributed by atoms with Crippen LogP contribution >= 0.6 is 0 Å². The summed E-state index contributed by atoms with van der Waals surface area (Å²) in [6.07, 6.45) is 5.50. The second-order valence-corrected chi connectivity index (χ2v) is 5.29. The number of unbranched alkanes of at least 4 members (excludes halogenated alkanes) is 3. The van der Waals surface area contributed by atoms with Crippen molar-refractivity contribution >= 4 is 0 Å². The molecule has 0 aliphatic heterocycles. The van der Waals surface area contributed by atoms with Crippen molar-refractivity contribution in [1.82, 2.24) is 5.32 Å². The van der Waals surface area contributed by atoms with Crippen molar-refractivity contribution in [3.8, 4) is 0 Å². The summed E-state index contributed by atoms with van der Waals surface area (Å²) < 4.78 is 32.9. The van der Waals surface area contributed by atoms with Gasteiger partial charge in [-0.15, -0.1) is 0 Å². The molecule has 1 aromatic carbocycles. The SMILES string of the molecule is CCCCCCOCC(NCCC)c1cccc(F)c1F. The van der Waals surface area contributed by atoms with Gasteiger partial charge in [-0.1, -0.05) is 45.2 Å². The molecule has 0 aliphatic rings. The van der Waals surface area contributed by atoms with Gasteiger partial charge in [0.1, 0.15) is 0 Å². The number of hydrogen-bond donors (Lipinski definition) is 1. The van der Waals surface area contributed by atoms with Crippen LogP contribution in [0.1, 0.15) is 57.6 Å². The summed E-state index contributed by atoms with van der Waals surface area (Å²) in [6, 6.07) is 4.00. The first-order valence-electron chi connectivity index (χ1n) is 7.95. The van der Waals surface area contributed by atoms with Crippen molar-refractivity contribution in [1.29, 1.82) is 0 Å². The van der Waals surface area contributed by atoms with Gasteiger partial charge in [-0.2, -0.15) is 0 Å². The maximum absolute atomic E-state index is 13.9. The molecule has 120 valence electrons. The Labute approximate surface area is 126 Å². The van der Waals surface area contributed by atoms with Crippen LogP contribution in [0.4, 0.5) is 8.78 Å². The zero-order valence-corrected chi connectivity index (χ0v) is 13.1. The molecule has 0 spiro atoms. The number of ether oxygens (including phenoxy) is 1. The quantitative estimate of drug-likeness (QED) is 0.603. The van der Waals surface area contributed by atoms with Crippen LogP contribution in [0.2, 0.25) is 0 Å². The van der Waals surface area contributed by atoms with Gasteiger partial charge in [0, 0.05) is 12.2 Å². The van der Waals surface area contributed by atoms with Crippen molar-refractivity contribution in [3.63, 3.8) is 0 Å². The summed E-state index contributed by atoms with van der Waals surface area (Å²) in [5.74, 6) is -1.58. The number of benzene rings is 1. The van der Waals surface area contributed by atoms with Crippen LogP contribution in [0.5, 0.6) is 0 Å². The maximum atomic E-state index is 13.9. The molecule has 0 aliphatic carbocycles. The second kappa shape index (κ2) is 10.7. The zero-order valence-electron chi connectivity index (χ0n) is 13.1. The Morgan fingerprint density at radius 1 is 1.10 bits per heavy atom. The van der Waals surface area contributed by atoms with E-state index in [0.717, 1.165) is 31.9 Å². The summed E-state index contributed by atoms with van der Waals surface area (Å²) in [5.41, 5.74) is 0.344. The molecular formula is C17H27F2NO. The Bertz CT molecular complexity index is 398. The Kier molecular flexibility index (Phi) is 9.19. The van der Waals surface area contributed by atoms with Crippen molar-refractivity contribution in [2.75, 3.05) is 19.8 Å². The van der Waals surface area contributed by atoms with E-state index in [4.69, 9.17) is 4.74 Å². The smallest absolute Gasteiger partial charge is 0.163 e. The molecule has 4 heteroatoms. The van der Waals surface area contributed by atoms with Crippen molar-refractivity contribution in [2.45, 2.75) is 52.0 Å². The molecule has 0 heterocycles. The molecule has 0 radical (unpaired) electrons. The minimum atomic E-state index is -0.807. The predicted molar refractivity (Wildman–Crippen MR) is 82.4 cm³/mol. The van der Waals surface area contributed by atoms with E-state index in [9.17, 15) is 8.78 Å². The van der Waals surface area contributed by atoms with Gasteiger partial charge in [-0.05, 0) is 25.5 Å². The van der Waals surface area contributed by atoms with Gasteiger partial charge in [-0.25, -0.2) is 8.78 Å². The van der Waals surface area contributed by atoms with Crippen LogP contribution in [-0.2, 0) is 4.74 Å². The molecule has 1 atom stereocenters. The van der Waals surface area contributed by atoms with E-state index < -0.39 is 11.6 Å². The molecule has 1 aromatic rings. The van der Waals surface area contributed by atoms with Gasteiger partial charge in [-0.3, -0.25) is 0 Å². The molecule has 0 aromatic heterocycles. The van der Waals surface area contributed by atoms with Crippen LogP contribution in [0.15, 0.2) is 18.2 Å². The monoisotopic (exact) mass is 299 g/mol. The fourth-order valence-electron chi connectivity index (χ4n) is 2.20. The number of halogens is 2. The fourth-order valence-corrected chi connectivity index (χ4v) is 2.20. The first-order chi connectivity index (χ1) is 10.2. The second-order valence-electron chi connectivity index (χ2n) is 5.29. The fraction of sp³-hybridized carbons (Fsp3) is 0.647. The Morgan fingerprint density at radius 2 is 1.90 bits per heavy atom. The summed E-state index contributed by atoms with van der Waals surface area (Å²) in [4.78, 5) is 0. The van der Waals surface area contributed by atoms with Crippen molar-refractivity contribution < 1.29 is 13.5 Å². The largest absolute Gasteiger partial charge is 0.379 e. The van der Waals surface area contributed by atoms with Crippen LogP contribution < -0.4 is 5.32 Å². The van der Waals surface area contributed by atoms with Gasteiger partial charge in [0.2, 0.25) is 0 Å². The van der Waals surface area contributed by atoms with E-state index in [0.29, 0.717) is 18.8 Å². The minimum Gasteiger partial charge on any atom is -0.379 e. The molecule has 1 unspecified atom stereocenters.